The molecule has 2 nitrogen and oxygen atoms in total. The molecule has 100 valence electrons. The Morgan fingerprint density at radius 3 is 2.45 bits per heavy atom. The van der Waals surface area contributed by atoms with Crippen LogP contribution in [0.3, 0.4) is 0 Å². The fourth-order valence-corrected chi connectivity index (χ4v) is 2.02. The molecule has 0 spiro atoms. The topological polar surface area (TPSA) is 40.9 Å². The molecule has 0 amide bonds. The van der Waals surface area contributed by atoms with E-state index in [1.54, 1.807) is 25.1 Å². The smallest absolute Gasteiger partial charge is 0.184 e. The number of Topliss-reactive ketones (excluding diaryl/α,β-unsaturated/α-hetero) is 1. The molecule has 0 aliphatic heterocycles. The minimum atomic E-state index is -0.948. The molecule has 20 heavy (non-hydrogen) atoms. The molecule has 0 aromatic heterocycles. The van der Waals surface area contributed by atoms with Gasteiger partial charge < -0.3 is 0 Å². The van der Waals surface area contributed by atoms with Gasteiger partial charge in [0.25, 0.3) is 0 Å². The predicted molar refractivity (Wildman–Crippen MR) is 75.3 cm³/mol. The number of ketones is 1. The number of halogens is 2. The van der Waals surface area contributed by atoms with Crippen molar-refractivity contribution in [2.45, 2.75) is 12.8 Å². The van der Waals surface area contributed by atoms with Crippen molar-refractivity contribution in [3.8, 4) is 6.07 Å². The summed E-state index contributed by atoms with van der Waals surface area (Å²) in [5, 5.41) is 9.78. The molecule has 0 heterocycles. The zero-order valence-corrected chi connectivity index (χ0v) is 11.5. The third-order valence-electron chi connectivity index (χ3n) is 3.04. The summed E-state index contributed by atoms with van der Waals surface area (Å²) in [4.78, 5) is 12.4. The van der Waals surface area contributed by atoms with Gasteiger partial charge in [0.15, 0.2) is 5.78 Å². The zero-order valence-electron chi connectivity index (χ0n) is 10.7. The van der Waals surface area contributed by atoms with E-state index in [1.807, 2.05) is 6.07 Å². The van der Waals surface area contributed by atoms with Crippen LogP contribution in [-0.2, 0) is 0 Å². The lowest BCUT2D eigenvalue weighted by atomic mass is 9.91. The second-order valence-corrected chi connectivity index (χ2v) is 4.85. The first-order valence-electron chi connectivity index (χ1n) is 5.98. The van der Waals surface area contributed by atoms with Crippen molar-refractivity contribution in [3.05, 3.63) is 70.0 Å². The van der Waals surface area contributed by atoms with Gasteiger partial charge in [-0.3, -0.25) is 4.79 Å². The summed E-state index contributed by atoms with van der Waals surface area (Å²) >= 11 is 5.92. The van der Waals surface area contributed by atoms with Crippen LogP contribution in [0, 0.1) is 24.1 Å². The highest BCUT2D eigenvalue weighted by Crippen LogP contribution is 2.23. The number of nitriles is 1. The van der Waals surface area contributed by atoms with Gasteiger partial charge in [-0.2, -0.15) is 5.26 Å². The Balaban J connectivity index is 2.36. The fourth-order valence-electron chi connectivity index (χ4n) is 1.90. The molecule has 2 rings (SSSR count). The van der Waals surface area contributed by atoms with Gasteiger partial charge in [0.1, 0.15) is 11.7 Å². The molecular weight excluding hydrogens is 277 g/mol. The van der Waals surface area contributed by atoms with Crippen molar-refractivity contribution in [1.29, 1.82) is 5.26 Å². The van der Waals surface area contributed by atoms with Crippen molar-refractivity contribution in [1.82, 2.24) is 0 Å². The SMILES string of the molecule is Cc1cc(C(=O)C(C#N)c2ccc(F)cc2)ccc1Cl. The Labute approximate surface area is 121 Å². The Kier molecular flexibility index (Phi) is 4.16. The molecule has 0 N–H and O–H groups in total. The fraction of sp³-hybridized carbons (Fsp3) is 0.125. The van der Waals surface area contributed by atoms with Crippen LogP contribution in [0.1, 0.15) is 27.4 Å². The number of rotatable bonds is 3. The molecule has 4 heteroatoms. The molecule has 0 aliphatic carbocycles. The molecule has 2 aromatic carbocycles. The van der Waals surface area contributed by atoms with Crippen LogP contribution in [0.4, 0.5) is 4.39 Å². The van der Waals surface area contributed by atoms with Crippen LogP contribution in [0.15, 0.2) is 42.5 Å². The largest absolute Gasteiger partial charge is 0.292 e. The highest BCUT2D eigenvalue weighted by molar-refractivity contribution is 6.31. The third kappa shape index (κ3) is 2.87. The van der Waals surface area contributed by atoms with E-state index in [2.05, 4.69) is 0 Å². The standard InChI is InChI=1S/C16H11ClFNO/c1-10-8-12(4-7-15(10)17)16(20)14(9-19)11-2-5-13(18)6-3-11/h2-8,14H,1H3. The van der Waals surface area contributed by atoms with Gasteiger partial charge in [-0.25, -0.2) is 4.39 Å². The average Bonchev–Trinajstić information content (AvgIpc) is 2.44. The van der Waals surface area contributed by atoms with Crippen molar-refractivity contribution in [3.63, 3.8) is 0 Å². The highest BCUT2D eigenvalue weighted by atomic mass is 35.5. The molecule has 0 saturated heterocycles. The van der Waals surface area contributed by atoms with Crippen LogP contribution < -0.4 is 0 Å². The molecule has 0 radical (unpaired) electrons. The molecule has 0 bridgehead atoms. The second-order valence-electron chi connectivity index (χ2n) is 4.44. The lowest BCUT2D eigenvalue weighted by Gasteiger charge is -2.09. The van der Waals surface area contributed by atoms with E-state index in [4.69, 9.17) is 11.6 Å². The van der Waals surface area contributed by atoms with E-state index in [0.29, 0.717) is 16.1 Å². The summed E-state index contributed by atoms with van der Waals surface area (Å²) in [6.45, 7) is 1.79. The van der Waals surface area contributed by atoms with Gasteiger partial charge in [0.2, 0.25) is 0 Å². The lowest BCUT2D eigenvalue weighted by molar-refractivity contribution is 0.0978. The van der Waals surface area contributed by atoms with Crippen molar-refractivity contribution >= 4 is 17.4 Å². The van der Waals surface area contributed by atoms with Gasteiger partial charge in [-0.05, 0) is 48.4 Å². The number of aryl methyl sites for hydroxylation is 1. The van der Waals surface area contributed by atoms with Gasteiger partial charge in [0, 0.05) is 10.6 Å². The second kappa shape index (κ2) is 5.85. The van der Waals surface area contributed by atoms with Crippen LogP contribution in [0.5, 0.6) is 0 Å². The maximum atomic E-state index is 12.9. The summed E-state index contributed by atoms with van der Waals surface area (Å²) in [6.07, 6.45) is 0. The number of nitrogens with zero attached hydrogens (tertiary/aromatic N) is 1. The van der Waals surface area contributed by atoms with E-state index in [1.165, 1.54) is 24.3 Å². The third-order valence-corrected chi connectivity index (χ3v) is 3.46. The minimum Gasteiger partial charge on any atom is -0.292 e. The predicted octanol–water partition coefficient (Wildman–Crippen LogP) is 4.28. The van der Waals surface area contributed by atoms with Crippen LogP contribution >= 0.6 is 11.6 Å². The molecule has 1 atom stereocenters. The molecule has 2 aromatic rings. The van der Waals surface area contributed by atoms with Crippen LogP contribution in [0.25, 0.3) is 0 Å². The van der Waals surface area contributed by atoms with E-state index in [0.717, 1.165) is 5.56 Å². The van der Waals surface area contributed by atoms with Crippen molar-refractivity contribution in [2.75, 3.05) is 0 Å². The van der Waals surface area contributed by atoms with Crippen LogP contribution in [-0.4, -0.2) is 5.78 Å². The summed E-state index contributed by atoms with van der Waals surface area (Å²) in [5.41, 5.74) is 1.67. The monoisotopic (exact) mass is 287 g/mol. The van der Waals surface area contributed by atoms with Gasteiger partial charge >= 0.3 is 0 Å². The number of hydrogen-bond acceptors (Lipinski definition) is 2. The Hall–Kier alpha value is -2.18. The minimum absolute atomic E-state index is 0.320. The normalized spacial score (nSPS) is 11.7. The Morgan fingerprint density at radius 1 is 1.25 bits per heavy atom. The number of benzene rings is 2. The van der Waals surface area contributed by atoms with Crippen LogP contribution in [0.2, 0.25) is 5.02 Å². The van der Waals surface area contributed by atoms with Gasteiger partial charge in [0.05, 0.1) is 6.07 Å². The summed E-state index contributed by atoms with van der Waals surface area (Å²) in [6, 6.07) is 12.2. The summed E-state index contributed by atoms with van der Waals surface area (Å²) in [7, 11) is 0. The summed E-state index contributed by atoms with van der Waals surface area (Å²) < 4.78 is 12.9. The van der Waals surface area contributed by atoms with E-state index in [-0.39, 0.29) is 5.78 Å². The molecule has 0 saturated carbocycles. The maximum Gasteiger partial charge on any atom is 0.184 e. The molecular formula is C16H11ClFNO. The first kappa shape index (κ1) is 14.2. The Bertz CT molecular complexity index is 689. The van der Waals surface area contributed by atoms with E-state index >= 15 is 0 Å². The van der Waals surface area contributed by atoms with Crippen molar-refractivity contribution in [2.24, 2.45) is 0 Å². The number of carbonyl (C=O) groups excluding carboxylic acids is 1. The van der Waals surface area contributed by atoms with Gasteiger partial charge in [-0.1, -0.05) is 23.7 Å². The highest BCUT2D eigenvalue weighted by Gasteiger charge is 2.22. The first-order chi connectivity index (χ1) is 9.52. The van der Waals surface area contributed by atoms with Crippen molar-refractivity contribution < 1.29 is 9.18 Å². The average molecular weight is 288 g/mol. The maximum absolute atomic E-state index is 12.9. The van der Waals surface area contributed by atoms with E-state index < -0.39 is 11.7 Å². The summed E-state index contributed by atoms with van der Waals surface area (Å²) in [5.74, 6) is -1.67. The number of hydrogen-bond donors (Lipinski definition) is 0. The Morgan fingerprint density at radius 2 is 1.90 bits per heavy atom. The molecule has 0 fully saturated rings. The van der Waals surface area contributed by atoms with E-state index in [9.17, 15) is 14.4 Å². The molecule has 1 unspecified atom stereocenters. The quantitative estimate of drug-likeness (QED) is 0.791. The molecule has 0 aliphatic rings. The lowest BCUT2D eigenvalue weighted by Crippen LogP contribution is -2.11. The first-order valence-corrected chi connectivity index (χ1v) is 6.36. The van der Waals surface area contributed by atoms with Gasteiger partial charge in [-0.15, -0.1) is 0 Å². The zero-order chi connectivity index (χ0) is 14.7. The number of carbonyl (C=O) groups is 1.